The smallest absolute Gasteiger partial charge is 0.0260 e. The van der Waals surface area contributed by atoms with Crippen molar-refractivity contribution in [3.8, 4) is 0 Å². The summed E-state index contributed by atoms with van der Waals surface area (Å²) in [6.07, 6.45) is 5.41. The summed E-state index contributed by atoms with van der Waals surface area (Å²) in [5.74, 6) is 0. The van der Waals surface area contributed by atoms with Gasteiger partial charge in [0.05, 0.1) is 0 Å². The Morgan fingerprint density at radius 2 is 1.82 bits per heavy atom. The first-order valence-electron chi connectivity index (χ1n) is 3.65. The molecule has 1 rings (SSSR count). The number of rotatable bonds is 2. The van der Waals surface area contributed by atoms with E-state index in [0.29, 0.717) is 0 Å². The fraction of sp³-hybridized carbons (Fsp3) is 0.200. The fourth-order valence-corrected chi connectivity index (χ4v) is 0.818. The Bertz CT molecular complexity index is 201. The van der Waals surface area contributed by atoms with E-state index >= 15 is 0 Å². The van der Waals surface area contributed by atoms with Crippen LogP contribution in [-0.4, -0.2) is 0 Å². The largest absolute Gasteiger partial charge is 0.107 e. The minimum Gasteiger partial charge on any atom is -0.107 e. The summed E-state index contributed by atoms with van der Waals surface area (Å²) in [7, 11) is 0. The zero-order valence-corrected chi connectivity index (χ0v) is 8.99. The monoisotopic (exact) mass is 260 g/mol. The molecule has 0 unspecified atom stereocenters. The van der Waals surface area contributed by atoms with E-state index in [9.17, 15) is 0 Å². The minimum atomic E-state index is 0. The number of benzene rings is 1. The molecule has 1 aromatic carbocycles. The summed E-state index contributed by atoms with van der Waals surface area (Å²) in [5, 5.41) is 0. The molecule has 0 spiro atoms. The first-order valence-corrected chi connectivity index (χ1v) is 3.65. The zero-order chi connectivity index (χ0) is 7.23. The van der Waals surface area contributed by atoms with Gasteiger partial charge in [0.2, 0.25) is 0 Å². The highest BCUT2D eigenvalue weighted by Gasteiger charge is 1.78. The predicted octanol–water partition coefficient (Wildman–Crippen LogP) is 3.73. The molecule has 0 fully saturated rings. The van der Waals surface area contributed by atoms with Crippen LogP contribution in [0.4, 0.5) is 0 Å². The van der Waals surface area contributed by atoms with Crippen LogP contribution in [0.5, 0.6) is 0 Å². The van der Waals surface area contributed by atoms with Gasteiger partial charge in [-0.25, -0.2) is 0 Å². The summed E-state index contributed by atoms with van der Waals surface area (Å²) in [4.78, 5) is 0. The van der Waals surface area contributed by atoms with E-state index in [1.54, 1.807) is 0 Å². The average Bonchev–Trinajstić information content (AvgIpc) is 2.03. The van der Waals surface area contributed by atoms with Crippen LogP contribution < -0.4 is 0 Å². The molecule has 0 radical (unpaired) electrons. The van der Waals surface area contributed by atoms with Crippen LogP contribution in [0, 0.1) is 0 Å². The minimum absolute atomic E-state index is 0. The molecule has 1 heteroatoms. The van der Waals surface area contributed by atoms with Gasteiger partial charge in [0.25, 0.3) is 0 Å². The van der Waals surface area contributed by atoms with Crippen molar-refractivity contribution in [2.75, 3.05) is 0 Å². The second-order valence-electron chi connectivity index (χ2n) is 2.22. The Morgan fingerprint density at radius 1 is 1.18 bits per heavy atom. The van der Waals surface area contributed by atoms with Crippen LogP contribution in [0.15, 0.2) is 36.4 Å². The van der Waals surface area contributed by atoms with Gasteiger partial charge in [-0.05, 0) is 12.0 Å². The third-order valence-electron chi connectivity index (χ3n) is 1.35. The molecule has 0 nitrogen and oxygen atoms in total. The molecule has 0 aromatic heterocycles. The van der Waals surface area contributed by atoms with Crippen molar-refractivity contribution in [3.05, 3.63) is 42.0 Å². The molecule has 1 aromatic rings. The predicted molar refractivity (Wildman–Crippen MR) is 61.2 cm³/mol. The molecule has 0 heterocycles. The lowest BCUT2D eigenvalue weighted by Gasteiger charge is -1.88. The molecular weight excluding hydrogens is 247 g/mol. The maximum Gasteiger partial charge on any atom is -0.0260 e. The molecule has 0 aliphatic rings. The molecule has 60 valence electrons. The Kier molecular flexibility index (Phi) is 6.22. The molecule has 0 bridgehead atoms. The second-order valence-corrected chi connectivity index (χ2v) is 2.22. The Morgan fingerprint density at radius 3 is 2.36 bits per heavy atom. The molecule has 0 N–H and O–H groups in total. The Hall–Kier alpha value is -0.310. The van der Waals surface area contributed by atoms with Crippen LogP contribution in [0.3, 0.4) is 0 Å². The average molecular weight is 260 g/mol. The van der Waals surface area contributed by atoms with E-state index in [1.807, 2.05) is 6.07 Å². The number of halogens is 1. The standard InChI is InChI=1S/C10H12.HI/c1-2-3-7-10-8-5-4-6-9-10;/h3-9H,2H2,1H3;1H. The van der Waals surface area contributed by atoms with Crippen molar-refractivity contribution in [1.82, 2.24) is 0 Å². The maximum atomic E-state index is 2.16. The first-order chi connectivity index (χ1) is 4.93. The lowest BCUT2D eigenvalue weighted by molar-refractivity contribution is 1.23. The first kappa shape index (κ1) is 10.7. The number of hydrogen-bond donors (Lipinski definition) is 0. The Labute approximate surface area is 85.3 Å². The molecule has 0 aliphatic carbocycles. The van der Waals surface area contributed by atoms with Gasteiger partial charge in [-0.2, -0.15) is 0 Å². The van der Waals surface area contributed by atoms with E-state index in [-0.39, 0.29) is 24.0 Å². The van der Waals surface area contributed by atoms with Crippen molar-refractivity contribution in [2.24, 2.45) is 0 Å². The quantitative estimate of drug-likeness (QED) is 0.711. The third-order valence-corrected chi connectivity index (χ3v) is 1.35. The van der Waals surface area contributed by atoms with E-state index in [0.717, 1.165) is 6.42 Å². The van der Waals surface area contributed by atoms with Crippen molar-refractivity contribution < 1.29 is 0 Å². The van der Waals surface area contributed by atoms with Crippen LogP contribution in [-0.2, 0) is 0 Å². The topological polar surface area (TPSA) is 0 Å². The van der Waals surface area contributed by atoms with Gasteiger partial charge in [0.15, 0.2) is 0 Å². The fourth-order valence-electron chi connectivity index (χ4n) is 0.818. The summed E-state index contributed by atoms with van der Waals surface area (Å²) in [5.41, 5.74) is 1.28. The molecule has 0 atom stereocenters. The SMILES string of the molecule is CCC=Cc1ccccc1.I. The summed E-state index contributed by atoms with van der Waals surface area (Å²) >= 11 is 0. The highest BCUT2D eigenvalue weighted by atomic mass is 127. The maximum absolute atomic E-state index is 2.16. The van der Waals surface area contributed by atoms with Gasteiger partial charge >= 0.3 is 0 Å². The molecule has 0 amide bonds. The summed E-state index contributed by atoms with van der Waals surface area (Å²) in [6.45, 7) is 2.14. The number of allylic oxidation sites excluding steroid dienone is 1. The zero-order valence-electron chi connectivity index (χ0n) is 6.66. The molecular formula is C10H13I. The van der Waals surface area contributed by atoms with Crippen molar-refractivity contribution in [3.63, 3.8) is 0 Å². The molecule has 11 heavy (non-hydrogen) atoms. The third kappa shape index (κ3) is 4.19. The highest BCUT2D eigenvalue weighted by molar-refractivity contribution is 14.0. The lowest BCUT2D eigenvalue weighted by atomic mass is 10.2. The Balaban J connectivity index is 0.000001000. The molecule has 0 aliphatic heterocycles. The molecule has 0 saturated heterocycles. The van der Waals surface area contributed by atoms with Crippen molar-refractivity contribution >= 4 is 30.1 Å². The lowest BCUT2D eigenvalue weighted by Crippen LogP contribution is -1.66. The molecule has 0 saturated carbocycles. The van der Waals surface area contributed by atoms with Crippen LogP contribution in [0.1, 0.15) is 18.9 Å². The van der Waals surface area contributed by atoms with Crippen molar-refractivity contribution in [1.29, 1.82) is 0 Å². The van der Waals surface area contributed by atoms with Crippen LogP contribution in [0.2, 0.25) is 0 Å². The highest BCUT2D eigenvalue weighted by Crippen LogP contribution is 2.00. The van der Waals surface area contributed by atoms with Gasteiger partial charge in [0.1, 0.15) is 0 Å². The summed E-state index contributed by atoms with van der Waals surface area (Å²) in [6, 6.07) is 10.3. The van der Waals surface area contributed by atoms with Gasteiger partial charge in [-0.1, -0.05) is 49.4 Å². The van der Waals surface area contributed by atoms with Crippen LogP contribution in [0.25, 0.3) is 6.08 Å². The van der Waals surface area contributed by atoms with E-state index in [1.165, 1.54) is 5.56 Å². The van der Waals surface area contributed by atoms with Crippen LogP contribution >= 0.6 is 24.0 Å². The second kappa shape index (κ2) is 6.40. The van der Waals surface area contributed by atoms with Gasteiger partial charge in [-0.15, -0.1) is 24.0 Å². The van der Waals surface area contributed by atoms with Gasteiger partial charge < -0.3 is 0 Å². The van der Waals surface area contributed by atoms with E-state index in [4.69, 9.17) is 0 Å². The van der Waals surface area contributed by atoms with Gasteiger partial charge in [0, 0.05) is 0 Å². The normalized spacial score (nSPS) is 9.55. The van der Waals surface area contributed by atoms with E-state index in [2.05, 4.69) is 43.3 Å². The van der Waals surface area contributed by atoms with Gasteiger partial charge in [-0.3, -0.25) is 0 Å². The number of hydrogen-bond acceptors (Lipinski definition) is 0. The van der Waals surface area contributed by atoms with Crippen molar-refractivity contribution in [2.45, 2.75) is 13.3 Å². The summed E-state index contributed by atoms with van der Waals surface area (Å²) < 4.78 is 0. The van der Waals surface area contributed by atoms with E-state index < -0.39 is 0 Å².